The first-order valence-corrected chi connectivity index (χ1v) is 5.69. The number of nitrogens with zero attached hydrogens (tertiary/aromatic N) is 4. The summed E-state index contributed by atoms with van der Waals surface area (Å²) in [4.78, 5) is 11.5. The lowest BCUT2D eigenvalue weighted by atomic mass is 10.4. The largest absolute Gasteiger partial charge is 0.355 e. The Balaban J connectivity index is 2.45. The van der Waals surface area contributed by atoms with Crippen molar-refractivity contribution < 1.29 is 4.79 Å². The fourth-order valence-corrected chi connectivity index (χ4v) is 1.70. The summed E-state index contributed by atoms with van der Waals surface area (Å²) in [6.45, 7) is 4.57. The van der Waals surface area contributed by atoms with E-state index in [1.165, 1.54) is 11.8 Å². The van der Waals surface area contributed by atoms with Gasteiger partial charge in [0.05, 0.1) is 5.25 Å². The van der Waals surface area contributed by atoms with Gasteiger partial charge in [0.2, 0.25) is 11.1 Å². The summed E-state index contributed by atoms with van der Waals surface area (Å²) in [5.41, 5.74) is 0. The van der Waals surface area contributed by atoms with Crippen LogP contribution in [-0.4, -0.2) is 37.9 Å². The summed E-state index contributed by atoms with van der Waals surface area (Å²) < 4.78 is 1.55. The van der Waals surface area contributed by atoms with Crippen molar-refractivity contribution in [3.8, 4) is 0 Å². The summed E-state index contributed by atoms with van der Waals surface area (Å²) in [5, 5.41) is 14.3. The van der Waals surface area contributed by atoms with Crippen LogP contribution >= 0.6 is 11.8 Å². The van der Waals surface area contributed by atoms with Gasteiger partial charge < -0.3 is 5.32 Å². The molecule has 6 nitrogen and oxygen atoms in total. The van der Waals surface area contributed by atoms with Crippen LogP contribution in [0.5, 0.6) is 0 Å². The van der Waals surface area contributed by atoms with Crippen molar-refractivity contribution in [3.63, 3.8) is 0 Å². The zero-order valence-electron chi connectivity index (χ0n) is 9.10. The maximum atomic E-state index is 11.5. The lowest BCUT2D eigenvalue weighted by Crippen LogP contribution is -2.31. The van der Waals surface area contributed by atoms with Gasteiger partial charge in [0.1, 0.15) is 0 Å². The molecule has 1 heterocycles. The van der Waals surface area contributed by atoms with Crippen LogP contribution in [0.15, 0.2) is 5.16 Å². The van der Waals surface area contributed by atoms with Gasteiger partial charge in [-0.3, -0.25) is 4.79 Å². The predicted molar refractivity (Wildman–Crippen MR) is 57.4 cm³/mol. The maximum absolute atomic E-state index is 11.5. The van der Waals surface area contributed by atoms with E-state index in [4.69, 9.17) is 0 Å². The van der Waals surface area contributed by atoms with E-state index in [0.717, 1.165) is 6.42 Å². The third-order valence-electron chi connectivity index (χ3n) is 1.78. The molecule has 7 heteroatoms. The highest BCUT2D eigenvalue weighted by molar-refractivity contribution is 8.00. The summed E-state index contributed by atoms with van der Waals surface area (Å²) in [6, 6.07) is 0. The Hall–Kier alpha value is -1.11. The molecule has 1 rings (SSSR count). The molecule has 0 radical (unpaired) electrons. The molecule has 1 amide bonds. The molecule has 0 unspecified atom stereocenters. The van der Waals surface area contributed by atoms with Crippen LogP contribution in [0.2, 0.25) is 0 Å². The second-order valence-electron chi connectivity index (χ2n) is 3.14. The molecular formula is C8H15N5OS. The molecule has 1 atom stereocenters. The zero-order valence-corrected chi connectivity index (χ0v) is 9.91. The normalized spacial score (nSPS) is 12.5. The number of carbonyl (C=O) groups is 1. The van der Waals surface area contributed by atoms with Gasteiger partial charge in [-0.15, -0.1) is 5.10 Å². The number of aryl methyl sites for hydroxylation is 1. The summed E-state index contributed by atoms with van der Waals surface area (Å²) in [7, 11) is 1.75. The monoisotopic (exact) mass is 229 g/mol. The van der Waals surface area contributed by atoms with Crippen molar-refractivity contribution in [1.29, 1.82) is 0 Å². The molecule has 0 aliphatic heterocycles. The Labute approximate surface area is 92.8 Å². The van der Waals surface area contributed by atoms with E-state index in [0.29, 0.717) is 11.7 Å². The van der Waals surface area contributed by atoms with Crippen molar-refractivity contribution in [1.82, 2.24) is 25.5 Å². The highest BCUT2D eigenvalue weighted by atomic mass is 32.2. The first-order valence-electron chi connectivity index (χ1n) is 4.82. The minimum absolute atomic E-state index is 0.0184. The predicted octanol–water partition coefficient (Wildman–Crippen LogP) is 0.217. The average Bonchev–Trinajstić information content (AvgIpc) is 2.61. The van der Waals surface area contributed by atoms with Crippen LogP contribution in [0.3, 0.4) is 0 Å². The van der Waals surface area contributed by atoms with Gasteiger partial charge in [-0.25, -0.2) is 4.68 Å². The topological polar surface area (TPSA) is 72.7 Å². The summed E-state index contributed by atoms with van der Waals surface area (Å²) in [5.74, 6) is 0.0184. The fraction of sp³-hybridized carbons (Fsp3) is 0.750. The standard InChI is InChI=1S/C8H15N5OS/c1-4-5-9-7(14)6(2)15-8-10-11-12-13(8)3/h6H,4-5H2,1-3H3,(H,9,14)/t6-/m1/s1. The second-order valence-corrected chi connectivity index (χ2v) is 4.44. The number of nitrogens with one attached hydrogen (secondary N) is 1. The number of rotatable bonds is 5. The van der Waals surface area contributed by atoms with Crippen LogP contribution < -0.4 is 5.32 Å². The molecule has 0 spiro atoms. The molecule has 1 aromatic rings. The minimum atomic E-state index is -0.179. The van der Waals surface area contributed by atoms with E-state index in [-0.39, 0.29) is 11.2 Å². The molecule has 0 saturated carbocycles. The van der Waals surface area contributed by atoms with E-state index in [9.17, 15) is 4.79 Å². The Kier molecular flexibility index (Phi) is 4.54. The number of hydrogen-bond donors (Lipinski definition) is 1. The lowest BCUT2D eigenvalue weighted by Gasteiger charge is -2.09. The molecular weight excluding hydrogens is 214 g/mol. The summed E-state index contributed by atoms with van der Waals surface area (Å²) >= 11 is 1.35. The number of carbonyl (C=O) groups excluding carboxylic acids is 1. The van der Waals surface area contributed by atoms with Gasteiger partial charge in [-0.2, -0.15) is 0 Å². The highest BCUT2D eigenvalue weighted by Crippen LogP contribution is 2.18. The Bertz CT molecular complexity index is 327. The molecule has 1 aromatic heterocycles. The van der Waals surface area contributed by atoms with Crippen LogP contribution in [0, 0.1) is 0 Å². The Morgan fingerprint density at radius 2 is 2.40 bits per heavy atom. The third-order valence-corrected chi connectivity index (χ3v) is 2.91. The van der Waals surface area contributed by atoms with Gasteiger partial charge in [-0.05, 0) is 23.8 Å². The maximum Gasteiger partial charge on any atom is 0.233 e. The van der Waals surface area contributed by atoms with E-state index in [1.54, 1.807) is 11.7 Å². The lowest BCUT2D eigenvalue weighted by molar-refractivity contribution is -0.120. The molecule has 0 saturated heterocycles. The third kappa shape index (κ3) is 3.50. The molecule has 0 fully saturated rings. The molecule has 0 aliphatic carbocycles. The smallest absolute Gasteiger partial charge is 0.233 e. The summed E-state index contributed by atoms with van der Waals surface area (Å²) in [6.07, 6.45) is 0.939. The first-order chi connectivity index (χ1) is 7.15. The molecule has 84 valence electrons. The first kappa shape index (κ1) is 12.0. The SMILES string of the molecule is CCCNC(=O)[C@@H](C)Sc1nnnn1C. The van der Waals surface area contributed by atoms with Crippen molar-refractivity contribution in [2.45, 2.75) is 30.7 Å². The van der Waals surface area contributed by atoms with Crippen molar-refractivity contribution in [2.24, 2.45) is 7.05 Å². The number of amides is 1. The van der Waals surface area contributed by atoms with Crippen LogP contribution in [-0.2, 0) is 11.8 Å². The number of hydrogen-bond acceptors (Lipinski definition) is 5. The molecule has 15 heavy (non-hydrogen) atoms. The van der Waals surface area contributed by atoms with Crippen molar-refractivity contribution >= 4 is 17.7 Å². The minimum Gasteiger partial charge on any atom is -0.355 e. The molecule has 1 N–H and O–H groups in total. The zero-order chi connectivity index (χ0) is 11.3. The van der Waals surface area contributed by atoms with E-state index < -0.39 is 0 Å². The highest BCUT2D eigenvalue weighted by Gasteiger charge is 2.16. The van der Waals surface area contributed by atoms with E-state index in [2.05, 4.69) is 20.8 Å². The second kappa shape index (κ2) is 5.69. The van der Waals surface area contributed by atoms with Crippen LogP contribution in [0.25, 0.3) is 0 Å². The number of aromatic nitrogens is 4. The van der Waals surface area contributed by atoms with Crippen LogP contribution in [0.4, 0.5) is 0 Å². The Morgan fingerprint density at radius 3 is 2.93 bits per heavy atom. The fourth-order valence-electron chi connectivity index (χ4n) is 0.925. The van der Waals surface area contributed by atoms with Gasteiger partial charge >= 0.3 is 0 Å². The molecule has 0 aromatic carbocycles. The van der Waals surface area contributed by atoms with Crippen molar-refractivity contribution in [2.75, 3.05) is 6.54 Å². The average molecular weight is 229 g/mol. The molecule has 0 bridgehead atoms. The van der Waals surface area contributed by atoms with Gasteiger partial charge in [0, 0.05) is 13.6 Å². The number of tetrazole rings is 1. The van der Waals surface area contributed by atoms with E-state index in [1.807, 2.05) is 13.8 Å². The Morgan fingerprint density at radius 1 is 1.67 bits per heavy atom. The van der Waals surface area contributed by atoms with Crippen LogP contribution in [0.1, 0.15) is 20.3 Å². The number of thioether (sulfide) groups is 1. The van der Waals surface area contributed by atoms with Gasteiger partial charge in [0.25, 0.3) is 0 Å². The molecule has 0 aliphatic rings. The van der Waals surface area contributed by atoms with E-state index >= 15 is 0 Å². The van der Waals surface area contributed by atoms with Crippen molar-refractivity contribution in [3.05, 3.63) is 0 Å². The van der Waals surface area contributed by atoms with Gasteiger partial charge in [-0.1, -0.05) is 18.7 Å². The van der Waals surface area contributed by atoms with Gasteiger partial charge in [0.15, 0.2) is 0 Å². The quantitative estimate of drug-likeness (QED) is 0.731.